The molecule has 0 aliphatic carbocycles. The van der Waals surface area contributed by atoms with Crippen molar-refractivity contribution in [3.8, 4) is 11.5 Å². The maximum absolute atomic E-state index is 12.4. The molecular formula is C14H17NO6. The number of benzene rings is 1. The van der Waals surface area contributed by atoms with E-state index in [1.54, 1.807) is 18.2 Å². The van der Waals surface area contributed by atoms with Crippen LogP contribution < -0.4 is 14.8 Å². The van der Waals surface area contributed by atoms with E-state index >= 15 is 0 Å². The second-order valence-electron chi connectivity index (χ2n) is 4.61. The Balaban J connectivity index is 2.10. The van der Waals surface area contributed by atoms with E-state index < -0.39 is 12.0 Å². The molecular weight excluding hydrogens is 278 g/mol. The minimum Gasteiger partial charge on any atom is -0.481 e. The highest BCUT2D eigenvalue weighted by Gasteiger charge is 2.24. The van der Waals surface area contributed by atoms with E-state index in [1.165, 1.54) is 0 Å². The largest absolute Gasteiger partial charge is 0.481 e. The third kappa shape index (κ3) is 3.93. The zero-order valence-electron chi connectivity index (χ0n) is 11.4. The number of Topliss-reactive ketones (excluding diaryl/α,β-unsaturated/α-hetero) is 1. The number of carbonyl (C=O) groups excluding carboxylic acids is 1. The predicted octanol–water partition coefficient (Wildman–Crippen LogP) is 0.413. The number of hydrogen-bond donors (Lipinski definition) is 3. The number of rotatable bonds is 8. The minimum atomic E-state index is -1.06. The lowest BCUT2D eigenvalue weighted by Crippen LogP contribution is -2.39. The van der Waals surface area contributed by atoms with Gasteiger partial charge in [-0.25, -0.2) is 0 Å². The number of ketones is 1. The summed E-state index contributed by atoms with van der Waals surface area (Å²) in [6.45, 7) is 0.454. The first-order valence-corrected chi connectivity index (χ1v) is 6.61. The Kier molecular flexibility index (Phi) is 5.13. The van der Waals surface area contributed by atoms with Crippen molar-refractivity contribution in [3.63, 3.8) is 0 Å². The fraction of sp³-hybridized carbons (Fsp3) is 0.429. The van der Waals surface area contributed by atoms with E-state index in [1.807, 2.05) is 0 Å². The van der Waals surface area contributed by atoms with Crippen molar-refractivity contribution >= 4 is 11.8 Å². The van der Waals surface area contributed by atoms with Gasteiger partial charge in [-0.2, -0.15) is 0 Å². The van der Waals surface area contributed by atoms with E-state index in [0.717, 1.165) is 0 Å². The summed E-state index contributed by atoms with van der Waals surface area (Å²) in [5.41, 5.74) is 0.363. The summed E-state index contributed by atoms with van der Waals surface area (Å²) >= 11 is 0. The molecule has 7 nitrogen and oxygen atoms in total. The molecule has 21 heavy (non-hydrogen) atoms. The molecule has 0 amide bonds. The van der Waals surface area contributed by atoms with Crippen LogP contribution in [0, 0.1) is 0 Å². The highest BCUT2D eigenvalue weighted by Crippen LogP contribution is 2.32. The maximum atomic E-state index is 12.4. The molecule has 0 saturated carbocycles. The van der Waals surface area contributed by atoms with Crippen LogP contribution in [0.3, 0.4) is 0 Å². The number of aliphatic hydroxyl groups is 1. The van der Waals surface area contributed by atoms with Gasteiger partial charge in [-0.3, -0.25) is 9.59 Å². The highest BCUT2D eigenvalue weighted by atomic mass is 16.7. The summed E-state index contributed by atoms with van der Waals surface area (Å²) in [6.07, 6.45) is 0.128. The Labute approximate surface area is 121 Å². The van der Waals surface area contributed by atoms with Crippen LogP contribution in [0.1, 0.15) is 23.2 Å². The predicted molar refractivity (Wildman–Crippen MR) is 72.6 cm³/mol. The molecule has 0 radical (unpaired) electrons. The molecule has 2 rings (SSSR count). The lowest BCUT2D eigenvalue weighted by Gasteiger charge is -2.15. The van der Waals surface area contributed by atoms with Crippen LogP contribution in [0.5, 0.6) is 11.5 Å². The number of carboxylic acids is 1. The van der Waals surface area contributed by atoms with Gasteiger partial charge in [0.25, 0.3) is 0 Å². The molecule has 1 atom stereocenters. The molecule has 0 fully saturated rings. The van der Waals surface area contributed by atoms with Crippen molar-refractivity contribution in [2.45, 2.75) is 18.9 Å². The van der Waals surface area contributed by atoms with Gasteiger partial charge in [0.15, 0.2) is 17.3 Å². The number of carbonyl (C=O) groups is 2. The van der Waals surface area contributed by atoms with Crippen molar-refractivity contribution in [1.29, 1.82) is 0 Å². The third-order valence-corrected chi connectivity index (χ3v) is 3.08. The number of hydrogen-bond acceptors (Lipinski definition) is 6. The van der Waals surface area contributed by atoms with Gasteiger partial charge in [0.2, 0.25) is 6.79 Å². The Morgan fingerprint density at radius 1 is 1.29 bits per heavy atom. The van der Waals surface area contributed by atoms with Crippen LogP contribution in [0.15, 0.2) is 18.2 Å². The number of carboxylic acid groups (broad SMARTS) is 1. The van der Waals surface area contributed by atoms with Crippen LogP contribution in [-0.4, -0.2) is 48.0 Å². The van der Waals surface area contributed by atoms with Crippen LogP contribution in [0.4, 0.5) is 0 Å². The van der Waals surface area contributed by atoms with E-state index in [-0.39, 0.29) is 25.6 Å². The second kappa shape index (κ2) is 7.05. The molecule has 0 aromatic heterocycles. The molecule has 0 spiro atoms. The van der Waals surface area contributed by atoms with Gasteiger partial charge in [-0.15, -0.1) is 0 Å². The second-order valence-corrected chi connectivity index (χ2v) is 4.61. The SMILES string of the molecule is O=C(O)CC(NCCCO)C(=O)c1ccc2c(c1)OCO2. The highest BCUT2D eigenvalue weighted by molar-refractivity contribution is 6.02. The van der Waals surface area contributed by atoms with Crippen molar-refractivity contribution in [1.82, 2.24) is 5.32 Å². The van der Waals surface area contributed by atoms with E-state index in [9.17, 15) is 9.59 Å². The summed E-state index contributed by atoms with van der Waals surface area (Å²) in [7, 11) is 0. The average Bonchev–Trinajstić information content (AvgIpc) is 2.92. The van der Waals surface area contributed by atoms with E-state index in [4.69, 9.17) is 19.7 Å². The Morgan fingerprint density at radius 3 is 2.76 bits per heavy atom. The molecule has 1 heterocycles. The quantitative estimate of drug-likeness (QED) is 0.471. The number of aliphatic carboxylic acids is 1. The smallest absolute Gasteiger partial charge is 0.305 e. The first-order valence-electron chi connectivity index (χ1n) is 6.61. The topological polar surface area (TPSA) is 105 Å². The van der Waals surface area contributed by atoms with Gasteiger partial charge in [0, 0.05) is 12.2 Å². The van der Waals surface area contributed by atoms with Gasteiger partial charge >= 0.3 is 5.97 Å². The zero-order chi connectivity index (χ0) is 15.2. The van der Waals surface area contributed by atoms with Crippen molar-refractivity contribution in [3.05, 3.63) is 23.8 Å². The lowest BCUT2D eigenvalue weighted by molar-refractivity contribution is -0.137. The average molecular weight is 295 g/mol. The normalized spacial score (nSPS) is 14.0. The summed E-state index contributed by atoms with van der Waals surface area (Å²) in [6, 6.07) is 3.92. The number of ether oxygens (including phenoxy) is 2. The van der Waals surface area contributed by atoms with Crippen LogP contribution >= 0.6 is 0 Å². The number of aliphatic hydroxyl groups excluding tert-OH is 1. The summed E-state index contributed by atoms with van der Waals surface area (Å²) in [4.78, 5) is 23.3. The fourth-order valence-corrected chi connectivity index (χ4v) is 2.04. The first kappa shape index (κ1) is 15.3. The molecule has 7 heteroatoms. The third-order valence-electron chi connectivity index (χ3n) is 3.08. The van der Waals surface area contributed by atoms with Crippen LogP contribution in [0.25, 0.3) is 0 Å². The van der Waals surface area contributed by atoms with E-state index in [0.29, 0.717) is 30.0 Å². The Morgan fingerprint density at radius 2 is 2.05 bits per heavy atom. The molecule has 114 valence electrons. The minimum absolute atomic E-state index is 0.0228. The molecule has 0 bridgehead atoms. The number of nitrogens with one attached hydrogen (secondary N) is 1. The molecule has 1 aromatic rings. The van der Waals surface area contributed by atoms with Crippen molar-refractivity contribution in [2.24, 2.45) is 0 Å². The van der Waals surface area contributed by atoms with Gasteiger partial charge < -0.3 is 25.0 Å². The van der Waals surface area contributed by atoms with Gasteiger partial charge in [0.05, 0.1) is 12.5 Å². The van der Waals surface area contributed by atoms with Crippen molar-refractivity contribution in [2.75, 3.05) is 19.9 Å². The first-order chi connectivity index (χ1) is 10.1. The molecule has 0 saturated heterocycles. The van der Waals surface area contributed by atoms with E-state index in [2.05, 4.69) is 5.32 Å². The lowest BCUT2D eigenvalue weighted by atomic mass is 10.0. The van der Waals surface area contributed by atoms with Gasteiger partial charge in [0.1, 0.15) is 0 Å². The molecule has 3 N–H and O–H groups in total. The molecule has 1 unspecified atom stereocenters. The van der Waals surface area contributed by atoms with Crippen molar-refractivity contribution < 1.29 is 29.3 Å². The molecule has 1 aliphatic rings. The van der Waals surface area contributed by atoms with Crippen LogP contribution in [0.2, 0.25) is 0 Å². The standard InChI is InChI=1S/C14H17NO6/c16-5-1-4-15-10(7-13(17)18)14(19)9-2-3-11-12(6-9)21-8-20-11/h2-3,6,10,15-16H,1,4-5,7-8H2,(H,17,18). The van der Waals surface area contributed by atoms with Gasteiger partial charge in [-0.1, -0.05) is 0 Å². The fourth-order valence-electron chi connectivity index (χ4n) is 2.04. The molecule has 1 aliphatic heterocycles. The summed E-state index contributed by atoms with van der Waals surface area (Å²) in [5.74, 6) is -0.348. The Bertz CT molecular complexity index is 530. The summed E-state index contributed by atoms with van der Waals surface area (Å²) in [5, 5.41) is 20.5. The number of fused-ring (bicyclic) bond motifs is 1. The van der Waals surface area contributed by atoms with Crippen LogP contribution in [-0.2, 0) is 4.79 Å². The Hall–Kier alpha value is -2.12. The maximum Gasteiger partial charge on any atom is 0.305 e. The monoisotopic (exact) mass is 295 g/mol. The zero-order valence-corrected chi connectivity index (χ0v) is 11.4. The van der Waals surface area contributed by atoms with Gasteiger partial charge in [-0.05, 0) is 31.2 Å². The summed E-state index contributed by atoms with van der Waals surface area (Å²) < 4.78 is 10.4. The molecule has 1 aromatic carbocycles.